The van der Waals surface area contributed by atoms with Crippen LogP contribution >= 0.6 is 0 Å². The molecule has 21 heavy (non-hydrogen) atoms. The second kappa shape index (κ2) is 6.20. The summed E-state index contributed by atoms with van der Waals surface area (Å²) >= 11 is 0. The Hall–Kier alpha value is -1.32. The van der Waals surface area contributed by atoms with E-state index in [0.717, 1.165) is 35.6 Å². The van der Waals surface area contributed by atoms with E-state index in [9.17, 15) is 0 Å². The third-order valence-electron chi connectivity index (χ3n) is 5.12. The third-order valence-corrected chi connectivity index (χ3v) is 5.12. The van der Waals surface area contributed by atoms with E-state index < -0.39 is 0 Å². The van der Waals surface area contributed by atoms with Crippen molar-refractivity contribution in [1.29, 1.82) is 0 Å². The summed E-state index contributed by atoms with van der Waals surface area (Å²) in [6.07, 6.45) is 9.24. The number of aromatic nitrogens is 2. The van der Waals surface area contributed by atoms with Crippen LogP contribution in [0.3, 0.4) is 0 Å². The van der Waals surface area contributed by atoms with Crippen LogP contribution in [0, 0.1) is 18.8 Å². The Kier molecular flexibility index (Phi) is 4.32. The predicted octanol–water partition coefficient (Wildman–Crippen LogP) is 3.87. The molecule has 3 N–H and O–H groups in total. The normalized spacial score (nSPS) is 25.8. The lowest BCUT2D eigenvalue weighted by molar-refractivity contribution is 0.282. The Morgan fingerprint density at radius 3 is 2.48 bits per heavy atom. The quantitative estimate of drug-likeness (QED) is 0.863. The van der Waals surface area contributed by atoms with Crippen molar-refractivity contribution >= 4 is 11.6 Å². The van der Waals surface area contributed by atoms with E-state index in [2.05, 4.69) is 22.2 Å². The highest BCUT2D eigenvalue weighted by Crippen LogP contribution is 2.39. The minimum absolute atomic E-state index is 0.549. The van der Waals surface area contributed by atoms with E-state index in [-0.39, 0.29) is 0 Å². The highest BCUT2D eigenvalue weighted by molar-refractivity contribution is 5.55. The highest BCUT2D eigenvalue weighted by atomic mass is 15.1. The average Bonchev–Trinajstić information content (AvgIpc) is 3.30. The first kappa shape index (κ1) is 14.6. The van der Waals surface area contributed by atoms with E-state index in [1.165, 1.54) is 44.9 Å². The molecule has 2 aliphatic rings. The van der Waals surface area contributed by atoms with Gasteiger partial charge in [0.1, 0.15) is 17.5 Å². The van der Waals surface area contributed by atoms with Crippen LogP contribution in [0.2, 0.25) is 0 Å². The molecule has 2 fully saturated rings. The Bertz CT molecular complexity index is 488. The standard InChI is InChI=1S/C17H28N4/c1-11-3-5-13(6-4-11)9-10-19-16-12(2)15(18)20-17(21-16)14-7-8-14/h11,13-14H,3-10H2,1-2H3,(H3,18,19,20,21). The van der Waals surface area contributed by atoms with Crippen LogP contribution in [0.1, 0.15) is 69.2 Å². The van der Waals surface area contributed by atoms with Crippen molar-refractivity contribution < 1.29 is 0 Å². The van der Waals surface area contributed by atoms with E-state index in [0.29, 0.717) is 11.7 Å². The lowest BCUT2D eigenvalue weighted by Gasteiger charge is -2.26. The predicted molar refractivity (Wildman–Crippen MR) is 87.4 cm³/mol. The molecule has 4 heteroatoms. The summed E-state index contributed by atoms with van der Waals surface area (Å²) in [5, 5.41) is 3.50. The molecule has 1 aromatic rings. The number of anilines is 2. The van der Waals surface area contributed by atoms with Gasteiger partial charge in [-0.3, -0.25) is 0 Å². The van der Waals surface area contributed by atoms with Crippen LogP contribution in [-0.2, 0) is 0 Å². The van der Waals surface area contributed by atoms with Gasteiger partial charge in [0.05, 0.1) is 0 Å². The molecule has 2 aliphatic carbocycles. The maximum absolute atomic E-state index is 6.03. The maximum atomic E-state index is 6.03. The average molecular weight is 288 g/mol. The topological polar surface area (TPSA) is 63.8 Å². The van der Waals surface area contributed by atoms with E-state index in [4.69, 9.17) is 5.73 Å². The number of nitrogen functional groups attached to an aromatic ring is 1. The third kappa shape index (κ3) is 3.66. The maximum Gasteiger partial charge on any atom is 0.136 e. The lowest BCUT2D eigenvalue weighted by Crippen LogP contribution is -2.17. The summed E-state index contributed by atoms with van der Waals surface area (Å²) in [6, 6.07) is 0. The van der Waals surface area contributed by atoms with Crippen LogP contribution in [0.5, 0.6) is 0 Å². The molecule has 4 nitrogen and oxygen atoms in total. The van der Waals surface area contributed by atoms with E-state index >= 15 is 0 Å². The van der Waals surface area contributed by atoms with Crippen LogP contribution in [0.25, 0.3) is 0 Å². The fourth-order valence-corrected chi connectivity index (χ4v) is 3.26. The van der Waals surface area contributed by atoms with Gasteiger partial charge in [-0.2, -0.15) is 0 Å². The zero-order valence-electron chi connectivity index (χ0n) is 13.4. The van der Waals surface area contributed by atoms with Gasteiger partial charge in [0, 0.05) is 18.0 Å². The van der Waals surface area contributed by atoms with Crippen molar-refractivity contribution in [3.05, 3.63) is 11.4 Å². The number of rotatable bonds is 5. The van der Waals surface area contributed by atoms with Gasteiger partial charge in [-0.15, -0.1) is 0 Å². The molecule has 0 radical (unpaired) electrons. The molecule has 1 heterocycles. The fraction of sp³-hybridized carbons (Fsp3) is 0.765. The molecule has 0 amide bonds. The monoisotopic (exact) mass is 288 g/mol. The Morgan fingerprint density at radius 1 is 1.10 bits per heavy atom. The van der Waals surface area contributed by atoms with Crippen LogP contribution < -0.4 is 11.1 Å². The van der Waals surface area contributed by atoms with Gasteiger partial charge in [0.2, 0.25) is 0 Å². The summed E-state index contributed by atoms with van der Waals surface area (Å²) in [7, 11) is 0. The molecular formula is C17H28N4. The molecule has 2 saturated carbocycles. The fourth-order valence-electron chi connectivity index (χ4n) is 3.26. The molecule has 0 atom stereocenters. The molecule has 0 unspecified atom stereocenters. The van der Waals surface area contributed by atoms with Crippen molar-refractivity contribution in [2.75, 3.05) is 17.6 Å². The van der Waals surface area contributed by atoms with Crippen molar-refractivity contribution in [2.24, 2.45) is 11.8 Å². The highest BCUT2D eigenvalue weighted by Gasteiger charge is 2.28. The molecule has 1 aromatic heterocycles. The zero-order valence-corrected chi connectivity index (χ0v) is 13.4. The minimum atomic E-state index is 0.549. The molecule has 3 rings (SSSR count). The van der Waals surface area contributed by atoms with Gasteiger partial charge in [-0.25, -0.2) is 9.97 Å². The second-order valence-corrected chi connectivity index (χ2v) is 7.06. The van der Waals surface area contributed by atoms with Crippen molar-refractivity contribution in [3.8, 4) is 0 Å². The van der Waals surface area contributed by atoms with Crippen molar-refractivity contribution in [3.63, 3.8) is 0 Å². The van der Waals surface area contributed by atoms with E-state index in [1.54, 1.807) is 0 Å². The van der Waals surface area contributed by atoms with Crippen LogP contribution in [0.15, 0.2) is 0 Å². The summed E-state index contributed by atoms with van der Waals surface area (Å²) in [6.45, 7) is 5.39. The van der Waals surface area contributed by atoms with Crippen LogP contribution in [-0.4, -0.2) is 16.5 Å². The van der Waals surface area contributed by atoms with Crippen LogP contribution in [0.4, 0.5) is 11.6 Å². The summed E-state index contributed by atoms with van der Waals surface area (Å²) < 4.78 is 0. The molecule has 0 saturated heterocycles. The van der Waals surface area contributed by atoms with Gasteiger partial charge in [0.15, 0.2) is 0 Å². The van der Waals surface area contributed by atoms with Crippen molar-refractivity contribution in [2.45, 2.75) is 64.7 Å². The zero-order chi connectivity index (χ0) is 14.8. The van der Waals surface area contributed by atoms with Gasteiger partial charge in [-0.1, -0.05) is 32.6 Å². The second-order valence-electron chi connectivity index (χ2n) is 7.06. The van der Waals surface area contributed by atoms with Gasteiger partial charge in [0.25, 0.3) is 0 Å². The Balaban J connectivity index is 1.55. The Labute approximate surface area is 127 Å². The first-order chi connectivity index (χ1) is 10.1. The smallest absolute Gasteiger partial charge is 0.136 e. The lowest BCUT2D eigenvalue weighted by atomic mass is 9.81. The molecule has 0 aromatic carbocycles. The number of nitrogens with zero attached hydrogens (tertiary/aromatic N) is 2. The van der Waals surface area contributed by atoms with E-state index in [1.807, 2.05) is 6.92 Å². The SMILES string of the molecule is Cc1c(N)nc(C2CC2)nc1NCCC1CCC(C)CC1. The first-order valence-electron chi connectivity index (χ1n) is 8.51. The summed E-state index contributed by atoms with van der Waals surface area (Å²) in [5.74, 6) is 4.89. The Morgan fingerprint density at radius 2 is 1.81 bits per heavy atom. The summed E-state index contributed by atoms with van der Waals surface area (Å²) in [4.78, 5) is 9.12. The van der Waals surface area contributed by atoms with Crippen molar-refractivity contribution in [1.82, 2.24) is 9.97 Å². The number of hydrogen-bond acceptors (Lipinski definition) is 4. The largest absolute Gasteiger partial charge is 0.383 e. The number of hydrogen-bond donors (Lipinski definition) is 2. The van der Waals surface area contributed by atoms with Gasteiger partial charge in [-0.05, 0) is 38.0 Å². The number of nitrogens with two attached hydrogens (primary N) is 1. The summed E-state index contributed by atoms with van der Waals surface area (Å²) in [5.41, 5.74) is 7.02. The molecule has 0 aliphatic heterocycles. The molecule has 116 valence electrons. The molecule has 0 bridgehead atoms. The first-order valence-corrected chi connectivity index (χ1v) is 8.51. The molecular weight excluding hydrogens is 260 g/mol. The van der Waals surface area contributed by atoms with Gasteiger partial charge < -0.3 is 11.1 Å². The molecule has 0 spiro atoms. The number of nitrogens with one attached hydrogen (secondary N) is 1. The van der Waals surface area contributed by atoms with Gasteiger partial charge >= 0.3 is 0 Å². The minimum Gasteiger partial charge on any atom is -0.383 e.